The topological polar surface area (TPSA) is 41.6 Å². The van der Waals surface area contributed by atoms with E-state index in [2.05, 4.69) is 81.4 Å². The molecule has 0 fully saturated rings. The van der Waals surface area contributed by atoms with Gasteiger partial charge in [0.15, 0.2) is 0 Å². The maximum Gasteiger partial charge on any atom is 0.228 e. The Bertz CT molecular complexity index is 1120. The molecule has 2 aromatic rings. The number of thioether (sulfide) groups is 1. The van der Waals surface area contributed by atoms with Crippen LogP contribution in [0.15, 0.2) is 53.6 Å². The van der Waals surface area contributed by atoms with Gasteiger partial charge in [-0.1, -0.05) is 123 Å². The van der Waals surface area contributed by atoms with Gasteiger partial charge < -0.3 is 15.0 Å². The summed E-state index contributed by atoms with van der Waals surface area (Å²) in [5.74, 6) is 1.82. The fourth-order valence-electron chi connectivity index (χ4n) is 5.39. The summed E-state index contributed by atoms with van der Waals surface area (Å²) in [6.45, 7) is 12.6. The van der Waals surface area contributed by atoms with Crippen LogP contribution in [0.2, 0.25) is 0 Å². The lowest BCUT2D eigenvalue weighted by Crippen LogP contribution is -2.17. The number of hydrogen-bond acceptors (Lipinski definition) is 4. The molecule has 1 amide bonds. The lowest BCUT2D eigenvalue weighted by atomic mass is 9.86. The van der Waals surface area contributed by atoms with E-state index in [1.54, 1.807) is 0 Å². The Morgan fingerprint density at radius 1 is 0.905 bits per heavy atom. The summed E-state index contributed by atoms with van der Waals surface area (Å²) in [5, 5.41) is 3.12. The van der Waals surface area contributed by atoms with E-state index >= 15 is 0 Å². The highest BCUT2D eigenvalue weighted by Gasteiger charge is 2.18. The zero-order chi connectivity index (χ0) is 30.2. The van der Waals surface area contributed by atoms with Crippen LogP contribution in [0.5, 0.6) is 5.75 Å². The molecule has 0 atom stereocenters. The molecule has 5 heteroatoms. The van der Waals surface area contributed by atoms with Gasteiger partial charge in [-0.15, -0.1) is 11.8 Å². The van der Waals surface area contributed by atoms with Gasteiger partial charge in [0.2, 0.25) is 5.91 Å². The number of nitrogens with zero attached hydrogens (tertiary/aromatic N) is 1. The van der Waals surface area contributed by atoms with E-state index in [0.717, 1.165) is 35.8 Å². The highest BCUT2D eigenvalue weighted by atomic mass is 32.2. The van der Waals surface area contributed by atoms with Gasteiger partial charge in [-0.3, -0.25) is 4.79 Å². The average molecular weight is 593 g/mol. The third-order valence-electron chi connectivity index (χ3n) is 7.96. The molecule has 1 aliphatic heterocycles. The minimum absolute atomic E-state index is 0.0154. The maximum atomic E-state index is 13.1. The first kappa shape index (κ1) is 34.1. The quantitative estimate of drug-likeness (QED) is 0.165. The van der Waals surface area contributed by atoms with Gasteiger partial charge in [0, 0.05) is 24.0 Å². The van der Waals surface area contributed by atoms with Crippen molar-refractivity contribution >= 4 is 23.4 Å². The first-order valence-corrected chi connectivity index (χ1v) is 17.4. The molecule has 1 N–H and O–H groups in total. The second kappa shape index (κ2) is 18.3. The Morgan fingerprint density at radius 2 is 1.57 bits per heavy atom. The van der Waals surface area contributed by atoms with Gasteiger partial charge in [-0.05, 0) is 53.0 Å². The monoisotopic (exact) mass is 592 g/mol. The molecule has 0 radical (unpaired) electrons. The summed E-state index contributed by atoms with van der Waals surface area (Å²) in [6.07, 6.45) is 18.4. The number of rotatable bonds is 19. The first-order valence-electron chi connectivity index (χ1n) is 16.4. The predicted octanol–water partition coefficient (Wildman–Crippen LogP) is 10.6. The summed E-state index contributed by atoms with van der Waals surface area (Å²) in [6, 6.07) is 14.6. The lowest BCUT2D eigenvalue weighted by molar-refractivity contribution is -0.115. The van der Waals surface area contributed by atoms with E-state index in [4.69, 9.17) is 4.74 Å². The number of benzene rings is 2. The van der Waals surface area contributed by atoms with E-state index in [1.165, 1.54) is 86.7 Å². The SMILES string of the molecule is CCCCCCCCCCCCCCOc1cc(C(C)(C)C)ccc1CC(=O)Nc1cccc(CN2C=C(C)SC2)c1. The number of allylic oxidation sites excluding steroid dienone is 1. The molecule has 0 aromatic heterocycles. The van der Waals surface area contributed by atoms with Gasteiger partial charge in [0.1, 0.15) is 5.75 Å². The van der Waals surface area contributed by atoms with Crippen LogP contribution in [0.25, 0.3) is 0 Å². The van der Waals surface area contributed by atoms with Crippen LogP contribution in [-0.4, -0.2) is 23.3 Å². The van der Waals surface area contributed by atoms with Gasteiger partial charge in [-0.25, -0.2) is 0 Å². The van der Waals surface area contributed by atoms with Gasteiger partial charge in [-0.2, -0.15) is 0 Å². The van der Waals surface area contributed by atoms with Crippen molar-refractivity contribution in [2.75, 3.05) is 17.8 Å². The normalized spacial score (nSPS) is 13.4. The molecule has 0 saturated heterocycles. The number of anilines is 1. The molecular formula is C37H56N2O2S. The Labute approximate surface area is 261 Å². The second-order valence-electron chi connectivity index (χ2n) is 13.0. The molecule has 1 aliphatic rings. The summed E-state index contributed by atoms with van der Waals surface area (Å²) < 4.78 is 6.33. The fourth-order valence-corrected chi connectivity index (χ4v) is 6.15. The number of hydrogen-bond donors (Lipinski definition) is 1. The van der Waals surface area contributed by atoms with E-state index in [-0.39, 0.29) is 11.3 Å². The van der Waals surface area contributed by atoms with Crippen LogP contribution in [0.3, 0.4) is 0 Å². The molecule has 2 aromatic carbocycles. The van der Waals surface area contributed by atoms with Gasteiger partial charge in [0.05, 0.1) is 18.9 Å². The number of amides is 1. The average Bonchev–Trinajstić information content (AvgIpc) is 3.35. The smallest absolute Gasteiger partial charge is 0.228 e. The zero-order valence-corrected chi connectivity index (χ0v) is 27.9. The minimum atomic E-state index is -0.0154. The largest absolute Gasteiger partial charge is 0.493 e. The third-order valence-corrected chi connectivity index (χ3v) is 8.98. The molecule has 1 heterocycles. The van der Waals surface area contributed by atoms with E-state index in [1.807, 2.05) is 23.9 Å². The van der Waals surface area contributed by atoms with E-state index in [9.17, 15) is 4.79 Å². The molecule has 3 rings (SSSR count). The molecule has 42 heavy (non-hydrogen) atoms. The second-order valence-corrected chi connectivity index (χ2v) is 14.2. The molecular weight excluding hydrogens is 536 g/mol. The van der Waals surface area contributed by atoms with Gasteiger partial charge >= 0.3 is 0 Å². The molecule has 4 nitrogen and oxygen atoms in total. The van der Waals surface area contributed by atoms with E-state index in [0.29, 0.717) is 13.0 Å². The van der Waals surface area contributed by atoms with Crippen molar-refractivity contribution in [3.05, 3.63) is 70.3 Å². The summed E-state index contributed by atoms with van der Waals surface area (Å²) in [5.41, 5.74) is 4.24. The maximum absolute atomic E-state index is 13.1. The van der Waals surface area contributed by atoms with Crippen LogP contribution in [0.4, 0.5) is 5.69 Å². The minimum Gasteiger partial charge on any atom is -0.493 e. The van der Waals surface area contributed by atoms with Crippen molar-refractivity contribution < 1.29 is 9.53 Å². The van der Waals surface area contributed by atoms with Crippen molar-refractivity contribution in [3.63, 3.8) is 0 Å². The predicted molar refractivity (Wildman–Crippen MR) is 182 cm³/mol. The Kier molecular flexibility index (Phi) is 14.9. The highest BCUT2D eigenvalue weighted by Crippen LogP contribution is 2.30. The van der Waals surface area contributed by atoms with E-state index < -0.39 is 0 Å². The van der Waals surface area contributed by atoms with Gasteiger partial charge in [0.25, 0.3) is 0 Å². The van der Waals surface area contributed by atoms with Crippen LogP contribution in [-0.2, 0) is 23.2 Å². The lowest BCUT2D eigenvalue weighted by Gasteiger charge is -2.21. The number of unbranched alkanes of at least 4 members (excludes halogenated alkanes) is 11. The first-order chi connectivity index (χ1) is 20.2. The number of ether oxygens (including phenoxy) is 1. The van der Waals surface area contributed by atoms with Crippen LogP contribution in [0, 0.1) is 0 Å². The van der Waals surface area contributed by atoms with Crippen molar-refractivity contribution in [2.45, 2.75) is 130 Å². The summed E-state index contributed by atoms with van der Waals surface area (Å²) >= 11 is 1.86. The molecule has 0 saturated carbocycles. The van der Waals surface area contributed by atoms with Crippen LogP contribution < -0.4 is 10.1 Å². The number of nitrogens with one attached hydrogen (secondary N) is 1. The van der Waals surface area contributed by atoms with Crippen molar-refractivity contribution in [1.29, 1.82) is 0 Å². The van der Waals surface area contributed by atoms with Crippen LogP contribution in [0.1, 0.15) is 128 Å². The Balaban J connectivity index is 1.45. The Hall–Kier alpha value is -2.40. The summed E-state index contributed by atoms with van der Waals surface area (Å²) in [4.78, 5) is 16.8. The number of carbonyl (C=O) groups excluding carboxylic acids is 1. The molecule has 0 spiro atoms. The summed E-state index contributed by atoms with van der Waals surface area (Å²) in [7, 11) is 0. The Morgan fingerprint density at radius 3 is 2.19 bits per heavy atom. The number of carbonyl (C=O) groups is 1. The zero-order valence-electron chi connectivity index (χ0n) is 27.1. The molecule has 232 valence electrons. The van der Waals surface area contributed by atoms with Crippen molar-refractivity contribution in [2.24, 2.45) is 0 Å². The van der Waals surface area contributed by atoms with Crippen molar-refractivity contribution in [3.8, 4) is 5.75 Å². The molecule has 0 bridgehead atoms. The molecule has 0 aliphatic carbocycles. The fraction of sp³-hybridized carbons (Fsp3) is 0.595. The van der Waals surface area contributed by atoms with Crippen molar-refractivity contribution in [1.82, 2.24) is 4.90 Å². The molecule has 0 unspecified atom stereocenters. The van der Waals surface area contributed by atoms with Crippen LogP contribution >= 0.6 is 11.8 Å². The standard InChI is InChI=1S/C37H56N2O2S/c1-6-7-8-9-10-11-12-13-14-15-16-17-23-41-35-26-33(37(3,4)5)22-21-32(35)25-36(40)38-34-20-18-19-31(24-34)28-39-27-30(2)42-29-39/h18-22,24,26-27H,6-17,23,25,28-29H2,1-5H3,(H,38,40). The third kappa shape index (κ3) is 12.9. The highest BCUT2D eigenvalue weighted by molar-refractivity contribution is 8.03.